The molecule has 1 saturated heterocycles. The lowest BCUT2D eigenvalue weighted by Gasteiger charge is -2.47. The summed E-state index contributed by atoms with van der Waals surface area (Å²) in [5.74, 6) is -0.840. The highest BCUT2D eigenvalue weighted by Gasteiger charge is 2.53. The van der Waals surface area contributed by atoms with Gasteiger partial charge in [0.1, 0.15) is 17.4 Å². The molecule has 1 aromatic heterocycles. The first-order valence-electron chi connectivity index (χ1n) is 11.4. The SMILES string of the molecule is COC1C(OC(N)=O)C(O)C(Oc2ccc3c(O)c(NC(=O)C4=CC=CC4)c(=O)oc3c2C)OC1(C)C. The van der Waals surface area contributed by atoms with Crippen molar-refractivity contribution in [2.75, 3.05) is 12.4 Å². The molecule has 4 unspecified atom stereocenters. The zero-order chi connectivity index (χ0) is 27.1. The summed E-state index contributed by atoms with van der Waals surface area (Å²) in [5, 5.41) is 24.2. The second-order valence-corrected chi connectivity index (χ2v) is 9.21. The largest absolute Gasteiger partial charge is 0.505 e. The molecule has 5 N–H and O–H groups in total. The summed E-state index contributed by atoms with van der Waals surface area (Å²) in [5.41, 5.74) is 3.51. The number of carbonyl (C=O) groups is 2. The van der Waals surface area contributed by atoms with E-state index in [1.807, 2.05) is 0 Å². The van der Waals surface area contributed by atoms with Crippen LogP contribution in [-0.4, -0.2) is 59.5 Å². The number of aryl methyl sites for hydroxylation is 1. The molecule has 2 amide bonds. The molecule has 4 rings (SSSR count). The number of nitrogens with two attached hydrogens (primary N) is 1. The van der Waals surface area contributed by atoms with Crippen LogP contribution in [0.3, 0.4) is 0 Å². The molecule has 12 nitrogen and oxygen atoms in total. The number of anilines is 1. The lowest BCUT2D eigenvalue weighted by atomic mass is 9.89. The molecule has 4 atom stereocenters. The van der Waals surface area contributed by atoms with E-state index in [2.05, 4.69) is 5.32 Å². The highest BCUT2D eigenvalue weighted by Crippen LogP contribution is 2.38. The lowest BCUT2D eigenvalue weighted by molar-refractivity contribution is -0.304. The molecule has 0 saturated carbocycles. The third-order valence-electron chi connectivity index (χ3n) is 6.32. The molecule has 2 heterocycles. The van der Waals surface area contributed by atoms with E-state index in [4.69, 9.17) is 29.1 Å². The number of rotatable bonds is 6. The monoisotopic (exact) mass is 516 g/mol. The Hall–Kier alpha value is -3.87. The fourth-order valence-corrected chi connectivity index (χ4v) is 4.48. The summed E-state index contributed by atoms with van der Waals surface area (Å²) < 4.78 is 27.7. The van der Waals surface area contributed by atoms with Crippen molar-refractivity contribution in [3.63, 3.8) is 0 Å². The van der Waals surface area contributed by atoms with Crippen LogP contribution < -0.4 is 21.4 Å². The smallest absolute Gasteiger partial charge is 0.404 e. The van der Waals surface area contributed by atoms with Gasteiger partial charge >= 0.3 is 11.7 Å². The van der Waals surface area contributed by atoms with Crippen molar-refractivity contribution in [2.24, 2.45) is 5.73 Å². The summed E-state index contributed by atoms with van der Waals surface area (Å²) in [7, 11) is 1.38. The molecule has 0 spiro atoms. The van der Waals surface area contributed by atoms with Gasteiger partial charge in [0.15, 0.2) is 23.6 Å². The Bertz CT molecular complexity index is 1360. The molecular weight excluding hydrogens is 488 g/mol. The number of benzene rings is 1. The predicted octanol–water partition coefficient (Wildman–Crippen LogP) is 1.99. The van der Waals surface area contributed by atoms with Crippen molar-refractivity contribution in [1.29, 1.82) is 0 Å². The second kappa shape index (κ2) is 9.88. The second-order valence-electron chi connectivity index (χ2n) is 9.21. The van der Waals surface area contributed by atoms with Crippen LogP contribution in [0.5, 0.6) is 11.5 Å². The Morgan fingerprint density at radius 3 is 2.62 bits per heavy atom. The molecular formula is C25H28N2O10. The summed E-state index contributed by atoms with van der Waals surface area (Å²) in [4.78, 5) is 36.5. The third-order valence-corrected chi connectivity index (χ3v) is 6.32. The number of carbonyl (C=O) groups excluding carboxylic acids is 2. The molecule has 1 aliphatic heterocycles. The van der Waals surface area contributed by atoms with E-state index in [-0.39, 0.29) is 22.4 Å². The highest BCUT2D eigenvalue weighted by molar-refractivity contribution is 6.06. The van der Waals surface area contributed by atoms with Gasteiger partial charge in [-0.25, -0.2) is 9.59 Å². The minimum atomic E-state index is -1.49. The van der Waals surface area contributed by atoms with Crippen molar-refractivity contribution in [3.05, 3.63) is 51.9 Å². The molecule has 1 aromatic carbocycles. The van der Waals surface area contributed by atoms with Crippen molar-refractivity contribution in [3.8, 4) is 11.5 Å². The normalized spacial score (nSPS) is 24.5. The first-order valence-corrected chi connectivity index (χ1v) is 11.4. The molecule has 2 aliphatic rings. The van der Waals surface area contributed by atoms with E-state index in [1.54, 1.807) is 39.0 Å². The van der Waals surface area contributed by atoms with Gasteiger partial charge in [-0.3, -0.25) is 4.79 Å². The standard InChI is InChI=1S/C25H28N2O10/c1-11-14(34-23-17(29)19(36-24(26)32)20(33-4)25(2,3)37-23)10-9-13-16(28)15(22(31)35-18(11)13)27-21(30)12-7-5-6-8-12/h5-7,9-10,17,19-20,23,28-29H,8H2,1-4H3,(H2,26,32)(H,27,30). The average Bonchev–Trinajstić information content (AvgIpc) is 3.36. The van der Waals surface area contributed by atoms with Gasteiger partial charge in [0.25, 0.3) is 5.91 Å². The maximum Gasteiger partial charge on any atom is 0.404 e. The number of aliphatic hydroxyl groups is 1. The molecule has 1 fully saturated rings. The Kier molecular flexibility index (Phi) is 7.00. The number of aliphatic hydroxyl groups excluding tert-OH is 1. The summed E-state index contributed by atoms with van der Waals surface area (Å²) >= 11 is 0. The van der Waals surface area contributed by atoms with Crippen LogP contribution in [0, 0.1) is 6.92 Å². The van der Waals surface area contributed by atoms with Crippen LogP contribution in [0.2, 0.25) is 0 Å². The van der Waals surface area contributed by atoms with Gasteiger partial charge in [0.05, 0.1) is 11.0 Å². The third kappa shape index (κ3) is 4.90. The molecule has 37 heavy (non-hydrogen) atoms. The number of primary amides is 1. The Morgan fingerprint density at radius 2 is 2.00 bits per heavy atom. The van der Waals surface area contributed by atoms with Crippen molar-refractivity contribution in [1.82, 2.24) is 0 Å². The summed E-state index contributed by atoms with van der Waals surface area (Å²) in [6.07, 6.45) is -0.449. The van der Waals surface area contributed by atoms with Gasteiger partial charge in [0.2, 0.25) is 6.29 Å². The molecule has 12 heteroatoms. The molecule has 198 valence electrons. The Balaban J connectivity index is 1.65. The van der Waals surface area contributed by atoms with Gasteiger partial charge in [0, 0.05) is 18.2 Å². The minimum Gasteiger partial charge on any atom is -0.505 e. The van der Waals surface area contributed by atoms with E-state index in [1.165, 1.54) is 19.2 Å². The van der Waals surface area contributed by atoms with Crippen LogP contribution in [0.15, 0.2) is 45.1 Å². The first-order chi connectivity index (χ1) is 17.4. The van der Waals surface area contributed by atoms with Crippen LogP contribution in [0.4, 0.5) is 10.5 Å². The minimum absolute atomic E-state index is 0.00371. The zero-order valence-corrected chi connectivity index (χ0v) is 20.6. The topological polar surface area (TPSA) is 180 Å². The number of nitrogens with one attached hydrogen (secondary N) is 1. The number of fused-ring (bicyclic) bond motifs is 1. The van der Waals surface area contributed by atoms with E-state index >= 15 is 0 Å². The number of amides is 2. The number of aromatic hydroxyl groups is 1. The maximum atomic E-state index is 12.7. The zero-order valence-electron chi connectivity index (χ0n) is 20.6. The van der Waals surface area contributed by atoms with Crippen molar-refractivity contribution < 1.29 is 43.2 Å². The molecule has 2 aromatic rings. The first kappa shape index (κ1) is 26.2. The van der Waals surface area contributed by atoms with Crippen LogP contribution in [0.25, 0.3) is 11.0 Å². The van der Waals surface area contributed by atoms with Gasteiger partial charge in [-0.2, -0.15) is 0 Å². The highest BCUT2D eigenvalue weighted by atomic mass is 16.7. The fourth-order valence-electron chi connectivity index (χ4n) is 4.48. The van der Waals surface area contributed by atoms with Crippen molar-refractivity contribution in [2.45, 2.75) is 57.4 Å². The average molecular weight is 517 g/mol. The number of ether oxygens (including phenoxy) is 4. The Labute approximate surface area is 211 Å². The molecule has 1 aliphatic carbocycles. The van der Waals surface area contributed by atoms with Crippen LogP contribution in [-0.2, 0) is 19.0 Å². The van der Waals surface area contributed by atoms with Crippen LogP contribution >= 0.6 is 0 Å². The lowest BCUT2D eigenvalue weighted by Crippen LogP contribution is -2.65. The van der Waals surface area contributed by atoms with Gasteiger partial charge in [-0.15, -0.1) is 0 Å². The van der Waals surface area contributed by atoms with Gasteiger partial charge in [-0.1, -0.05) is 18.2 Å². The predicted molar refractivity (Wildman–Crippen MR) is 130 cm³/mol. The van der Waals surface area contributed by atoms with Crippen LogP contribution in [0.1, 0.15) is 25.8 Å². The van der Waals surface area contributed by atoms with Gasteiger partial charge < -0.3 is 44.6 Å². The Morgan fingerprint density at radius 1 is 1.27 bits per heavy atom. The van der Waals surface area contributed by atoms with E-state index < -0.39 is 53.6 Å². The quantitative estimate of drug-likeness (QED) is 0.415. The van der Waals surface area contributed by atoms with Crippen molar-refractivity contribution >= 4 is 28.7 Å². The summed E-state index contributed by atoms with van der Waals surface area (Å²) in [6, 6.07) is 2.90. The molecule has 0 bridgehead atoms. The maximum absolute atomic E-state index is 12.7. The van der Waals surface area contributed by atoms with E-state index in [0.717, 1.165) is 0 Å². The number of methoxy groups -OCH3 is 1. The summed E-state index contributed by atoms with van der Waals surface area (Å²) in [6.45, 7) is 4.90. The van der Waals surface area contributed by atoms with Gasteiger partial charge in [-0.05, 0) is 39.3 Å². The number of hydrogen-bond acceptors (Lipinski definition) is 10. The van der Waals surface area contributed by atoms with E-state index in [9.17, 15) is 24.6 Å². The molecule has 0 radical (unpaired) electrons. The number of allylic oxidation sites excluding steroid dienone is 3. The number of hydrogen-bond donors (Lipinski definition) is 4. The van der Waals surface area contributed by atoms with E-state index in [0.29, 0.717) is 17.6 Å². The fraction of sp³-hybridized carbons (Fsp3) is 0.400.